The van der Waals surface area contributed by atoms with Crippen molar-refractivity contribution in [1.29, 1.82) is 0 Å². The van der Waals surface area contributed by atoms with E-state index in [9.17, 15) is 32.4 Å². The quantitative estimate of drug-likeness (QED) is 0.357. The number of rotatable bonds is 7. The van der Waals surface area contributed by atoms with Crippen LogP contribution in [0.1, 0.15) is 87.3 Å². The summed E-state index contributed by atoms with van der Waals surface area (Å²) in [5.41, 5.74) is 1.54. The van der Waals surface area contributed by atoms with E-state index in [0.29, 0.717) is 32.5 Å². The summed E-state index contributed by atoms with van der Waals surface area (Å²) in [7, 11) is -2.19. The summed E-state index contributed by atoms with van der Waals surface area (Å²) in [5.74, 6) is -2.64. The molecule has 6 amide bonds. The maximum atomic E-state index is 14.6. The fourth-order valence-corrected chi connectivity index (χ4v) is 9.73. The van der Waals surface area contributed by atoms with E-state index in [-0.39, 0.29) is 31.3 Å². The molecule has 0 aromatic heterocycles. The lowest BCUT2D eigenvalue weighted by atomic mass is 9.96. The van der Waals surface area contributed by atoms with Gasteiger partial charge in [-0.1, -0.05) is 49.3 Å². The number of benzene rings is 1. The Morgan fingerprint density at radius 3 is 2.55 bits per heavy atom. The van der Waals surface area contributed by atoms with Gasteiger partial charge in [0.1, 0.15) is 23.7 Å². The van der Waals surface area contributed by atoms with Gasteiger partial charge in [-0.05, 0) is 74.0 Å². The second kappa shape index (κ2) is 14.8. The molecule has 7 rings (SSSR count). The van der Waals surface area contributed by atoms with Crippen LogP contribution in [0.4, 0.5) is 9.59 Å². The topological polar surface area (TPSA) is 175 Å². The largest absolute Gasteiger partial charge is 0.444 e. The second-order valence-electron chi connectivity index (χ2n) is 15.6. The van der Waals surface area contributed by atoms with Crippen LogP contribution in [-0.2, 0) is 42.2 Å². The van der Waals surface area contributed by atoms with Gasteiger partial charge in [-0.15, -0.1) is 6.58 Å². The molecule has 53 heavy (non-hydrogen) atoms. The number of carbonyl (C=O) groups is 5. The third-order valence-corrected chi connectivity index (χ3v) is 13.6. The molecule has 0 spiro atoms. The number of hydrogen-bond acceptors (Lipinski definition) is 8. The van der Waals surface area contributed by atoms with Crippen LogP contribution in [-0.4, -0.2) is 102 Å². The molecule has 3 saturated carbocycles. The number of carbonyl (C=O) groups excluding carboxylic acids is 5. The monoisotopic (exact) mass is 750 g/mol. The van der Waals surface area contributed by atoms with Gasteiger partial charge in [0, 0.05) is 32.5 Å². The van der Waals surface area contributed by atoms with E-state index in [0.717, 1.165) is 61.6 Å². The van der Waals surface area contributed by atoms with Gasteiger partial charge >= 0.3 is 12.1 Å². The van der Waals surface area contributed by atoms with E-state index in [1.807, 2.05) is 18.2 Å². The first-order valence-electron chi connectivity index (χ1n) is 19.0. The van der Waals surface area contributed by atoms with Gasteiger partial charge in [0.15, 0.2) is 0 Å². The van der Waals surface area contributed by atoms with Crippen LogP contribution in [0.3, 0.4) is 0 Å². The van der Waals surface area contributed by atoms with Crippen molar-refractivity contribution in [3.05, 3.63) is 53.6 Å². The Hall–Kier alpha value is -4.40. The molecule has 4 fully saturated rings. The van der Waals surface area contributed by atoms with Crippen molar-refractivity contribution in [2.75, 3.05) is 20.1 Å². The molecule has 6 aliphatic rings. The number of sulfonamides is 1. The first-order valence-corrected chi connectivity index (χ1v) is 20.5. The molecular weight excluding hydrogens is 701 g/mol. The van der Waals surface area contributed by atoms with Gasteiger partial charge < -0.3 is 25.2 Å². The Labute approximate surface area is 310 Å². The van der Waals surface area contributed by atoms with E-state index in [1.165, 1.54) is 11.0 Å². The highest BCUT2D eigenvalue weighted by Gasteiger charge is 2.62. The number of amides is 6. The summed E-state index contributed by atoms with van der Waals surface area (Å²) in [5, 5.41) is 5.14. The van der Waals surface area contributed by atoms with Gasteiger partial charge in [0.05, 0.1) is 18.3 Å². The van der Waals surface area contributed by atoms with E-state index in [4.69, 9.17) is 4.74 Å². The zero-order chi connectivity index (χ0) is 37.5. The summed E-state index contributed by atoms with van der Waals surface area (Å²) in [6.07, 6.45) is 11.0. The van der Waals surface area contributed by atoms with E-state index >= 15 is 0 Å². The minimum Gasteiger partial charge on any atom is -0.444 e. The highest BCUT2D eigenvalue weighted by atomic mass is 32.2. The number of hydrogen-bond donors (Lipinski definition) is 3. The van der Waals surface area contributed by atoms with Gasteiger partial charge in [0.2, 0.25) is 21.8 Å². The van der Waals surface area contributed by atoms with Crippen LogP contribution in [0.25, 0.3) is 6.08 Å². The molecule has 3 N–H and O–H groups in total. The molecule has 1 aromatic carbocycles. The van der Waals surface area contributed by atoms with Gasteiger partial charge in [-0.3, -0.25) is 24.0 Å². The SMILES string of the molecule is C=C[C@@H]1C[C@]1(NC(=O)[C@@H]1C[C@@H]2CN1C(=O)[C@H](C1CCCC1)NC(=O)N(C)CCCC/C=C/c1cccc3c1CN(C3)C(=O)O2)C(=O)NS(=O)(=O)C1CC1. The fraction of sp³-hybridized carbons (Fsp3) is 0.605. The number of ether oxygens (including phenoxy) is 1. The standard InChI is InChI=1S/C38H50N6O8S/c1-3-27-20-38(27,35(47)41-53(50,51)29-16-17-29)40-33(45)31-19-28-22-44(31)34(46)32(25-12-7-8-13-25)39-36(48)42(2)18-9-5-4-6-11-24-14-10-15-26-21-43(23-30(24)26)37(49)52-28/h3,6,10-11,14-15,25,27-29,31-32H,1,4-5,7-9,12-13,16-23H2,2H3,(H,39,48)(H,40,45)(H,41,47)/b11-6+/t27-,28-,31+,32+,38-/m1/s1. The minimum atomic E-state index is -3.90. The molecule has 3 aliphatic heterocycles. The molecule has 286 valence electrons. The first kappa shape index (κ1) is 36.9. The normalized spacial score (nSPS) is 30.4. The van der Waals surface area contributed by atoms with E-state index < -0.39 is 68.7 Å². The molecule has 4 bridgehead atoms. The molecule has 1 aromatic rings. The Balaban J connectivity index is 1.17. The van der Waals surface area contributed by atoms with Gasteiger partial charge in [-0.25, -0.2) is 18.0 Å². The number of urea groups is 1. The van der Waals surface area contributed by atoms with Crippen molar-refractivity contribution in [1.82, 2.24) is 30.1 Å². The Morgan fingerprint density at radius 2 is 1.83 bits per heavy atom. The summed E-state index contributed by atoms with van der Waals surface area (Å²) in [4.78, 5) is 74.1. The minimum absolute atomic E-state index is 0.0415. The molecule has 0 radical (unpaired) electrons. The van der Waals surface area contributed by atoms with Crippen molar-refractivity contribution < 1.29 is 37.1 Å². The maximum absolute atomic E-state index is 14.6. The van der Waals surface area contributed by atoms with Crippen LogP contribution in [0.2, 0.25) is 0 Å². The highest BCUT2D eigenvalue weighted by Crippen LogP contribution is 2.45. The van der Waals surface area contributed by atoms with Crippen LogP contribution in [0, 0.1) is 11.8 Å². The molecule has 3 aliphatic carbocycles. The van der Waals surface area contributed by atoms with Crippen molar-refractivity contribution in [3.63, 3.8) is 0 Å². The average molecular weight is 751 g/mol. The van der Waals surface area contributed by atoms with Crippen LogP contribution >= 0.6 is 0 Å². The van der Waals surface area contributed by atoms with Crippen LogP contribution in [0.5, 0.6) is 0 Å². The van der Waals surface area contributed by atoms with Crippen molar-refractivity contribution >= 4 is 45.9 Å². The van der Waals surface area contributed by atoms with Gasteiger partial charge in [0.25, 0.3) is 5.91 Å². The number of fused-ring (bicyclic) bond motifs is 3. The number of allylic oxidation sites excluding steroid dienone is 1. The summed E-state index contributed by atoms with van der Waals surface area (Å²) in [6.45, 7) is 4.91. The predicted octanol–water partition coefficient (Wildman–Crippen LogP) is 3.17. The highest BCUT2D eigenvalue weighted by molar-refractivity contribution is 7.91. The van der Waals surface area contributed by atoms with Gasteiger partial charge in [-0.2, -0.15) is 0 Å². The van der Waals surface area contributed by atoms with E-state index in [2.05, 4.69) is 34.1 Å². The van der Waals surface area contributed by atoms with Crippen molar-refractivity contribution in [2.24, 2.45) is 11.8 Å². The molecule has 5 atom stereocenters. The third kappa shape index (κ3) is 7.67. The summed E-state index contributed by atoms with van der Waals surface area (Å²) in [6, 6.07) is 3.52. The third-order valence-electron chi connectivity index (χ3n) is 11.8. The van der Waals surface area contributed by atoms with Crippen molar-refractivity contribution in [3.8, 4) is 0 Å². The number of nitrogens with one attached hydrogen (secondary N) is 3. The lowest BCUT2D eigenvalue weighted by Crippen LogP contribution is -2.59. The molecule has 14 nitrogen and oxygen atoms in total. The average Bonchev–Trinajstić information content (AvgIpc) is 3.91. The second-order valence-corrected chi connectivity index (χ2v) is 17.5. The zero-order valence-electron chi connectivity index (χ0n) is 30.3. The smallest absolute Gasteiger partial charge is 0.410 e. The summed E-state index contributed by atoms with van der Waals surface area (Å²) >= 11 is 0. The number of nitrogens with zero attached hydrogens (tertiary/aromatic N) is 3. The van der Waals surface area contributed by atoms with Crippen molar-refractivity contribution in [2.45, 2.75) is 113 Å². The molecule has 1 saturated heterocycles. The molecular formula is C38H50N6O8S. The lowest BCUT2D eigenvalue weighted by Gasteiger charge is -2.33. The molecule has 15 heteroatoms. The Morgan fingerprint density at radius 1 is 1.06 bits per heavy atom. The van der Waals surface area contributed by atoms with Crippen LogP contribution < -0.4 is 15.4 Å². The molecule has 0 unspecified atom stereocenters. The zero-order valence-corrected chi connectivity index (χ0v) is 31.1. The maximum Gasteiger partial charge on any atom is 0.410 e. The first-order chi connectivity index (χ1) is 25.4. The predicted molar refractivity (Wildman–Crippen MR) is 195 cm³/mol. The fourth-order valence-electron chi connectivity index (χ4n) is 8.36. The van der Waals surface area contributed by atoms with Crippen LogP contribution in [0.15, 0.2) is 36.9 Å². The lowest BCUT2D eigenvalue weighted by molar-refractivity contribution is -0.142. The molecule has 3 heterocycles. The van der Waals surface area contributed by atoms with E-state index in [1.54, 1.807) is 16.8 Å². The Bertz CT molecular complexity index is 1810. The summed E-state index contributed by atoms with van der Waals surface area (Å²) < 4.78 is 33.6. The Kier molecular flexibility index (Phi) is 10.3.